The number of hydrogen-bond donors (Lipinski definition) is 1. The first kappa shape index (κ1) is 20.7. The number of carbonyl (C=O) groups is 1. The molecule has 26 heavy (non-hydrogen) atoms. The number of halogens is 3. The third-order valence-corrected chi connectivity index (χ3v) is 4.98. The van der Waals surface area contributed by atoms with E-state index in [2.05, 4.69) is 0 Å². The van der Waals surface area contributed by atoms with Crippen molar-refractivity contribution in [2.45, 2.75) is 44.4 Å². The van der Waals surface area contributed by atoms with Crippen LogP contribution in [-0.2, 0) is 17.5 Å². The molecule has 1 amide bonds. The second-order valence-electron chi connectivity index (χ2n) is 7.37. The van der Waals surface area contributed by atoms with Crippen LogP contribution < -0.4 is 5.73 Å². The minimum absolute atomic E-state index is 0.0223. The zero-order valence-electron chi connectivity index (χ0n) is 15.4. The van der Waals surface area contributed by atoms with Crippen molar-refractivity contribution in [1.82, 2.24) is 9.80 Å². The van der Waals surface area contributed by atoms with Gasteiger partial charge in [-0.15, -0.1) is 0 Å². The number of hydrogen-bond acceptors (Lipinski definition) is 3. The Balaban J connectivity index is 2.04. The van der Waals surface area contributed by atoms with E-state index in [0.717, 1.165) is 31.4 Å². The number of benzene rings is 1. The van der Waals surface area contributed by atoms with Crippen molar-refractivity contribution in [3.63, 3.8) is 0 Å². The highest BCUT2D eigenvalue weighted by Gasteiger charge is 2.30. The topological polar surface area (TPSA) is 49.6 Å². The van der Waals surface area contributed by atoms with Crippen LogP contribution in [0, 0.1) is 5.92 Å². The first-order chi connectivity index (χ1) is 12.2. The lowest BCUT2D eigenvalue weighted by Crippen LogP contribution is -2.38. The maximum absolute atomic E-state index is 12.8. The van der Waals surface area contributed by atoms with Gasteiger partial charge in [0, 0.05) is 32.1 Å². The lowest BCUT2D eigenvalue weighted by atomic mass is 9.99. The Labute approximate surface area is 153 Å². The van der Waals surface area contributed by atoms with Gasteiger partial charge in [-0.05, 0) is 50.6 Å². The lowest BCUT2D eigenvalue weighted by Gasteiger charge is -2.27. The molecule has 146 valence electrons. The van der Waals surface area contributed by atoms with Gasteiger partial charge in [0.25, 0.3) is 0 Å². The number of likely N-dealkylation sites (N-methyl/N-ethyl adjacent to an activating group) is 1. The minimum Gasteiger partial charge on any atom is -0.337 e. The Kier molecular flexibility index (Phi) is 7.06. The van der Waals surface area contributed by atoms with Crippen LogP contribution in [0.2, 0.25) is 0 Å². The summed E-state index contributed by atoms with van der Waals surface area (Å²) in [5, 5.41) is 0. The molecule has 0 aliphatic heterocycles. The zero-order valence-corrected chi connectivity index (χ0v) is 15.4. The Morgan fingerprint density at radius 1 is 1.15 bits per heavy atom. The Morgan fingerprint density at radius 3 is 2.31 bits per heavy atom. The molecule has 2 atom stereocenters. The van der Waals surface area contributed by atoms with Gasteiger partial charge in [-0.25, -0.2) is 0 Å². The quantitative estimate of drug-likeness (QED) is 0.801. The van der Waals surface area contributed by atoms with Crippen LogP contribution in [0.1, 0.15) is 36.8 Å². The summed E-state index contributed by atoms with van der Waals surface area (Å²) in [6.07, 6.45) is -0.966. The van der Waals surface area contributed by atoms with Crippen molar-refractivity contribution >= 4 is 5.91 Å². The van der Waals surface area contributed by atoms with Gasteiger partial charge in [0.15, 0.2) is 0 Å². The van der Waals surface area contributed by atoms with Crippen LogP contribution in [0.15, 0.2) is 24.3 Å². The largest absolute Gasteiger partial charge is 0.416 e. The van der Waals surface area contributed by atoms with E-state index >= 15 is 0 Å². The second-order valence-corrected chi connectivity index (χ2v) is 7.37. The molecule has 0 spiro atoms. The molecule has 7 heteroatoms. The van der Waals surface area contributed by atoms with Crippen molar-refractivity contribution in [2.24, 2.45) is 11.7 Å². The summed E-state index contributed by atoms with van der Waals surface area (Å²) in [4.78, 5) is 16.5. The number of amides is 1. The van der Waals surface area contributed by atoms with Gasteiger partial charge >= 0.3 is 6.18 Å². The molecular weight excluding hydrogens is 343 g/mol. The molecule has 0 unspecified atom stereocenters. The minimum atomic E-state index is -4.35. The summed E-state index contributed by atoms with van der Waals surface area (Å²) in [7, 11) is 3.85. The summed E-state index contributed by atoms with van der Waals surface area (Å²) in [6.45, 7) is 1.55. The van der Waals surface area contributed by atoms with Gasteiger partial charge in [-0.2, -0.15) is 13.2 Å². The van der Waals surface area contributed by atoms with Crippen molar-refractivity contribution in [1.29, 1.82) is 0 Å². The Bertz CT molecular complexity index is 587. The third kappa shape index (κ3) is 5.99. The molecule has 1 saturated carbocycles. The van der Waals surface area contributed by atoms with E-state index in [-0.39, 0.29) is 17.9 Å². The van der Waals surface area contributed by atoms with Crippen LogP contribution in [0.4, 0.5) is 13.2 Å². The molecule has 1 aromatic carbocycles. The number of carbonyl (C=O) groups excluding carboxylic acids is 1. The first-order valence-electron chi connectivity index (χ1n) is 9.01. The molecule has 1 fully saturated rings. The Morgan fingerprint density at radius 2 is 1.81 bits per heavy atom. The molecule has 4 nitrogen and oxygen atoms in total. The highest BCUT2D eigenvalue weighted by atomic mass is 19.4. The third-order valence-electron chi connectivity index (χ3n) is 4.98. The highest BCUT2D eigenvalue weighted by molar-refractivity contribution is 5.76. The fraction of sp³-hybridized carbons (Fsp3) is 0.632. The molecule has 0 bridgehead atoms. The van der Waals surface area contributed by atoms with E-state index in [0.29, 0.717) is 31.6 Å². The summed E-state index contributed by atoms with van der Waals surface area (Å²) in [5.41, 5.74) is 6.09. The smallest absolute Gasteiger partial charge is 0.337 e. The number of nitrogens with two attached hydrogens (primary N) is 1. The molecule has 1 aromatic rings. The normalized spacial score (nSPS) is 20.6. The van der Waals surface area contributed by atoms with Gasteiger partial charge in [-0.3, -0.25) is 4.79 Å². The van der Waals surface area contributed by atoms with E-state index in [4.69, 9.17) is 5.73 Å². The standard InChI is InChI=1S/C19H28F3N3O/c1-24(2)10-11-25(18(26)12-15-4-3-5-17(15)23)13-14-6-8-16(9-7-14)19(20,21)22/h6-9,15,17H,3-5,10-13,23H2,1-2H3/t15-,17+/m0/s1. The maximum atomic E-state index is 12.8. The molecule has 0 heterocycles. The van der Waals surface area contributed by atoms with Gasteiger partial charge in [0.05, 0.1) is 5.56 Å². The molecule has 2 rings (SSSR count). The lowest BCUT2D eigenvalue weighted by molar-refractivity contribution is -0.137. The van der Waals surface area contributed by atoms with Crippen molar-refractivity contribution in [3.8, 4) is 0 Å². The van der Waals surface area contributed by atoms with E-state index in [1.165, 1.54) is 12.1 Å². The molecule has 1 aliphatic carbocycles. The van der Waals surface area contributed by atoms with Crippen molar-refractivity contribution < 1.29 is 18.0 Å². The summed E-state index contributed by atoms with van der Waals surface area (Å²) < 4.78 is 38.1. The van der Waals surface area contributed by atoms with Crippen molar-refractivity contribution in [3.05, 3.63) is 35.4 Å². The maximum Gasteiger partial charge on any atom is 0.416 e. The molecule has 1 aliphatic rings. The van der Waals surface area contributed by atoms with Crippen LogP contribution >= 0.6 is 0 Å². The predicted octanol–water partition coefficient (Wildman–Crippen LogP) is 3.11. The van der Waals surface area contributed by atoms with E-state index in [1.54, 1.807) is 4.90 Å². The summed E-state index contributed by atoms with van der Waals surface area (Å²) >= 11 is 0. The molecule has 0 radical (unpaired) electrons. The summed E-state index contributed by atoms with van der Waals surface area (Å²) in [5.74, 6) is 0.228. The van der Waals surface area contributed by atoms with Crippen LogP contribution in [0.25, 0.3) is 0 Å². The first-order valence-corrected chi connectivity index (χ1v) is 9.01. The van der Waals surface area contributed by atoms with Gasteiger partial charge in [0.2, 0.25) is 5.91 Å². The molecule has 0 saturated heterocycles. The molecule has 0 aromatic heterocycles. The Hall–Kier alpha value is -1.60. The van der Waals surface area contributed by atoms with Crippen LogP contribution in [0.3, 0.4) is 0 Å². The number of rotatable bonds is 7. The average Bonchev–Trinajstić information content (AvgIpc) is 2.95. The van der Waals surface area contributed by atoms with E-state index in [1.807, 2.05) is 19.0 Å². The van der Waals surface area contributed by atoms with Gasteiger partial charge in [0.1, 0.15) is 0 Å². The monoisotopic (exact) mass is 371 g/mol. The van der Waals surface area contributed by atoms with Gasteiger partial charge < -0.3 is 15.5 Å². The number of alkyl halides is 3. The summed E-state index contributed by atoms with van der Waals surface area (Å²) in [6, 6.07) is 5.09. The number of nitrogens with zero attached hydrogens (tertiary/aromatic N) is 2. The fourth-order valence-electron chi connectivity index (χ4n) is 3.30. The molecule has 2 N–H and O–H groups in total. The SMILES string of the molecule is CN(C)CCN(Cc1ccc(C(F)(F)F)cc1)C(=O)C[C@@H]1CCC[C@H]1N. The highest BCUT2D eigenvalue weighted by Crippen LogP contribution is 2.30. The average molecular weight is 371 g/mol. The van der Waals surface area contributed by atoms with Crippen LogP contribution in [0.5, 0.6) is 0 Å². The zero-order chi connectivity index (χ0) is 19.3. The molecular formula is C19H28F3N3O. The van der Waals surface area contributed by atoms with Crippen LogP contribution in [-0.4, -0.2) is 48.9 Å². The second kappa shape index (κ2) is 8.86. The van der Waals surface area contributed by atoms with Gasteiger partial charge in [-0.1, -0.05) is 18.6 Å². The fourth-order valence-corrected chi connectivity index (χ4v) is 3.30. The van der Waals surface area contributed by atoms with E-state index < -0.39 is 11.7 Å². The van der Waals surface area contributed by atoms with E-state index in [9.17, 15) is 18.0 Å². The van der Waals surface area contributed by atoms with Crippen molar-refractivity contribution in [2.75, 3.05) is 27.2 Å². The predicted molar refractivity (Wildman–Crippen MR) is 95.3 cm³/mol.